The highest BCUT2D eigenvalue weighted by Crippen LogP contribution is 2.11. The Morgan fingerprint density at radius 1 is 1.20 bits per heavy atom. The van der Waals surface area contributed by atoms with Crippen LogP contribution in [0.4, 0.5) is 0 Å². The van der Waals surface area contributed by atoms with Gasteiger partial charge in [0.05, 0.1) is 12.7 Å². The zero-order valence-corrected chi connectivity index (χ0v) is 12.9. The van der Waals surface area contributed by atoms with E-state index in [1.807, 2.05) is 6.20 Å². The molecule has 0 radical (unpaired) electrons. The number of hydrogen-bond acceptors (Lipinski definition) is 3. The van der Waals surface area contributed by atoms with Crippen molar-refractivity contribution >= 4 is 0 Å². The maximum absolute atomic E-state index is 5.76. The quantitative estimate of drug-likeness (QED) is 0.902. The average molecular weight is 272 g/mol. The lowest BCUT2D eigenvalue weighted by atomic mass is 10.1. The van der Waals surface area contributed by atoms with Crippen LogP contribution in [0.5, 0.6) is 0 Å². The summed E-state index contributed by atoms with van der Waals surface area (Å²) in [6, 6.07) is 8.60. The molecule has 0 bridgehead atoms. The third-order valence-electron chi connectivity index (χ3n) is 3.11. The molecule has 2 aromatic rings. The van der Waals surface area contributed by atoms with Crippen molar-refractivity contribution in [2.45, 2.75) is 52.6 Å². The van der Waals surface area contributed by atoms with Crippen molar-refractivity contribution in [3.8, 4) is 0 Å². The summed E-state index contributed by atoms with van der Waals surface area (Å²) < 4.78 is 5.76. The molecule has 1 aromatic carbocycles. The van der Waals surface area contributed by atoms with Crippen molar-refractivity contribution in [3.63, 3.8) is 0 Å². The Morgan fingerprint density at radius 2 is 2.00 bits per heavy atom. The van der Waals surface area contributed by atoms with Crippen molar-refractivity contribution in [2.24, 2.45) is 0 Å². The maximum Gasteiger partial charge on any atom is 0.208 e. The number of benzene rings is 1. The van der Waals surface area contributed by atoms with Crippen molar-refractivity contribution in [2.75, 3.05) is 0 Å². The van der Waals surface area contributed by atoms with Gasteiger partial charge >= 0.3 is 0 Å². The fourth-order valence-electron chi connectivity index (χ4n) is 2.02. The van der Waals surface area contributed by atoms with Crippen LogP contribution in [0.25, 0.3) is 0 Å². The van der Waals surface area contributed by atoms with E-state index in [1.165, 1.54) is 11.1 Å². The minimum absolute atomic E-state index is 0.0796. The third-order valence-corrected chi connectivity index (χ3v) is 3.11. The molecule has 1 heterocycles. The van der Waals surface area contributed by atoms with Crippen LogP contribution in [0.3, 0.4) is 0 Å². The second-order valence-electron chi connectivity index (χ2n) is 6.31. The van der Waals surface area contributed by atoms with Crippen LogP contribution in [0.15, 0.2) is 34.9 Å². The van der Waals surface area contributed by atoms with Gasteiger partial charge in [-0.2, -0.15) is 0 Å². The van der Waals surface area contributed by atoms with Gasteiger partial charge < -0.3 is 9.73 Å². The van der Waals surface area contributed by atoms with E-state index in [4.69, 9.17) is 4.42 Å². The summed E-state index contributed by atoms with van der Waals surface area (Å²) in [6.07, 6.45) is 3.73. The number of nitrogens with one attached hydrogen (secondary N) is 1. The van der Waals surface area contributed by atoms with Gasteiger partial charge in [-0.05, 0) is 39.7 Å². The molecule has 20 heavy (non-hydrogen) atoms. The topological polar surface area (TPSA) is 38.1 Å². The molecule has 0 saturated heterocycles. The highest BCUT2D eigenvalue weighted by molar-refractivity contribution is 5.22. The Morgan fingerprint density at radius 3 is 2.70 bits per heavy atom. The Labute approximate surface area is 121 Å². The molecular formula is C17H24N2O. The molecule has 0 aliphatic rings. The van der Waals surface area contributed by atoms with Gasteiger partial charge in [-0.15, -0.1) is 0 Å². The molecule has 0 aliphatic carbocycles. The number of aromatic nitrogens is 1. The highest BCUT2D eigenvalue weighted by Gasteiger charge is 2.11. The van der Waals surface area contributed by atoms with Crippen LogP contribution in [-0.4, -0.2) is 10.5 Å². The zero-order chi connectivity index (χ0) is 14.6. The van der Waals surface area contributed by atoms with E-state index >= 15 is 0 Å². The van der Waals surface area contributed by atoms with Crippen LogP contribution in [0, 0.1) is 6.92 Å². The standard InChI is InChI=1S/C17H24N2O/c1-13-6-5-7-14(10-13)8-9-15-11-18-16(20-15)12-19-17(2,3)4/h5-7,10-11,19H,8-9,12H2,1-4H3. The van der Waals surface area contributed by atoms with Crippen LogP contribution in [0.1, 0.15) is 43.5 Å². The minimum Gasteiger partial charge on any atom is -0.444 e. The van der Waals surface area contributed by atoms with Gasteiger partial charge in [-0.3, -0.25) is 0 Å². The normalized spacial score (nSPS) is 11.8. The summed E-state index contributed by atoms with van der Waals surface area (Å²) in [4.78, 5) is 4.32. The monoisotopic (exact) mass is 272 g/mol. The Balaban J connectivity index is 1.87. The minimum atomic E-state index is 0.0796. The summed E-state index contributed by atoms with van der Waals surface area (Å²) in [5.74, 6) is 1.72. The first-order chi connectivity index (χ1) is 9.42. The molecule has 2 rings (SSSR count). The molecule has 0 unspecified atom stereocenters. The van der Waals surface area contributed by atoms with Gasteiger partial charge in [0, 0.05) is 12.0 Å². The summed E-state index contributed by atoms with van der Waals surface area (Å²) >= 11 is 0. The fourth-order valence-corrected chi connectivity index (χ4v) is 2.02. The van der Waals surface area contributed by atoms with E-state index in [0.717, 1.165) is 24.5 Å². The van der Waals surface area contributed by atoms with Crippen LogP contribution >= 0.6 is 0 Å². The smallest absolute Gasteiger partial charge is 0.208 e. The van der Waals surface area contributed by atoms with Gasteiger partial charge in [0.25, 0.3) is 0 Å². The Kier molecular flexibility index (Phi) is 4.61. The molecule has 0 spiro atoms. The number of oxazole rings is 1. The van der Waals surface area contributed by atoms with Gasteiger partial charge in [-0.1, -0.05) is 29.8 Å². The zero-order valence-electron chi connectivity index (χ0n) is 12.9. The van der Waals surface area contributed by atoms with Crippen molar-refractivity contribution in [1.29, 1.82) is 0 Å². The lowest BCUT2D eigenvalue weighted by Gasteiger charge is -2.18. The molecule has 108 valence electrons. The SMILES string of the molecule is Cc1cccc(CCc2cnc(CNC(C)(C)C)o2)c1. The van der Waals surface area contributed by atoms with Crippen LogP contribution in [0.2, 0.25) is 0 Å². The predicted molar refractivity (Wildman–Crippen MR) is 81.7 cm³/mol. The number of aryl methyl sites for hydroxylation is 3. The molecule has 0 amide bonds. The van der Waals surface area contributed by atoms with E-state index in [0.29, 0.717) is 6.54 Å². The van der Waals surface area contributed by atoms with Gasteiger partial charge in [0.1, 0.15) is 5.76 Å². The number of rotatable bonds is 5. The largest absolute Gasteiger partial charge is 0.444 e. The molecule has 3 heteroatoms. The molecule has 1 aromatic heterocycles. The summed E-state index contributed by atoms with van der Waals surface area (Å²) in [7, 11) is 0. The van der Waals surface area contributed by atoms with Gasteiger partial charge in [0.15, 0.2) is 0 Å². The summed E-state index contributed by atoms with van der Waals surface area (Å²) in [6.45, 7) is 9.19. The first-order valence-corrected chi connectivity index (χ1v) is 7.16. The fraction of sp³-hybridized carbons (Fsp3) is 0.471. The number of nitrogens with zero attached hydrogens (tertiary/aromatic N) is 1. The summed E-state index contributed by atoms with van der Waals surface area (Å²) in [5.41, 5.74) is 2.72. The van der Waals surface area contributed by atoms with Crippen molar-refractivity contribution in [1.82, 2.24) is 10.3 Å². The second kappa shape index (κ2) is 6.23. The number of hydrogen-bond donors (Lipinski definition) is 1. The molecule has 0 atom stereocenters. The molecule has 1 N–H and O–H groups in total. The molecule has 0 saturated carbocycles. The lowest BCUT2D eigenvalue weighted by Crippen LogP contribution is -2.35. The van der Waals surface area contributed by atoms with Crippen LogP contribution in [-0.2, 0) is 19.4 Å². The van der Waals surface area contributed by atoms with E-state index in [-0.39, 0.29) is 5.54 Å². The predicted octanol–water partition coefficient (Wildman–Crippen LogP) is 3.66. The van der Waals surface area contributed by atoms with E-state index < -0.39 is 0 Å². The first-order valence-electron chi connectivity index (χ1n) is 7.16. The Bertz CT molecular complexity index is 552. The molecule has 3 nitrogen and oxygen atoms in total. The van der Waals surface area contributed by atoms with Gasteiger partial charge in [0.2, 0.25) is 5.89 Å². The van der Waals surface area contributed by atoms with Gasteiger partial charge in [-0.25, -0.2) is 4.98 Å². The third kappa shape index (κ3) is 4.82. The maximum atomic E-state index is 5.76. The first kappa shape index (κ1) is 14.8. The van der Waals surface area contributed by atoms with E-state index in [1.54, 1.807) is 0 Å². The van der Waals surface area contributed by atoms with E-state index in [9.17, 15) is 0 Å². The van der Waals surface area contributed by atoms with Crippen molar-refractivity contribution in [3.05, 3.63) is 53.2 Å². The molecular weight excluding hydrogens is 248 g/mol. The Hall–Kier alpha value is -1.61. The highest BCUT2D eigenvalue weighted by atomic mass is 16.4. The second-order valence-corrected chi connectivity index (χ2v) is 6.31. The van der Waals surface area contributed by atoms with Crippen molar-refractivity contribution < 1.29 is 4.42 Å². The van der Waals surface area contributed by atoms with Crippen LogP contribution < -0.4 is 5.32 Å². The average Bonchev–Trinajstić information content (AvgIpc) is 2.81. The summed E-state index contributed by atoms with van der Waals surface area (Å²) in [5, 5.41) is 3.38. The van der Waals surface area contributed by atoms with E-state index in [2.05, 4.69) is 62.3 Å². The molecule has 0 fully saturated rings. The lowest BCUT2D eigenvalue weighted by molar-refractivity contribution is 0.371. The molecule has 0 aliphatic heterocycles.